The number of hydrogen-bond acceptors (Lipinski definition) is 13. The minimum absolute atomic E-state index is 0.0375. The van der Waals surface area contributed by atoms with Crippen molar-refractivity contribution >= 4 is 118 Å². The first kappa shape index (κ1) is 56.6. The number of aryl methyl sites for hydroxylation is 2. The number of phenols is 1. The summed E-state index contributed by atoms with van der Waals surface area (Å²) in [4.78, 5) is 26.0. The van der Waals surface area contributed by atoms with Gasteiger partial charge in [-0.25, -0.2) is 4.68 Å². The number of unbranched alkanes of at least 4 members (excludes halogenated alkanes) is 4. The Kier molecular flexibility index (Phi) is 19.4. The van der Waals surface area contributed by atoms with E-state index < -0.39 is 70.4 Å². The second-order valence-electron chi connectivity index (χ2n) is 16.3. The van der Waals surface area contributed by atoms with E-state index in [0.717, 1.165) is 67.7 Å². The maximum absolute atomic E-state index is 14.2. The van der Waals surface area contributed by atoms with Crippen LogP contribution >= 0.6 is 46.4 Å². The van der Waals surface area contributed by atoms with Gasteiger partial charge in [0.05, 0.1) is 36.2 Å². The number of aromatic nitrogens is 2. The summed E-state index contributed by atoms with van der Waals surface area (Å²) in [5, 5.41) is 28.1. The van der Waals surface area contributed by atoms with Crippen LogP contribution in [-0.2, 0) is 49.1 Å². The van der Waals surface area contributed by atoms with Crippen molar-refractivity contribution in [1.29, 1.82) is 0 Å². The van der Waals surface area contributed by atoms with E-state index in [1.807, 2.05) is 19.1 Å². The molecule has 0 aliphatic heterocycles. The van der Waals surface area contributed by atoms with Crippen LogP contribution in [0.1, 0.15) is 76.8 Å². The van der Waals surface area contributed by atoms with Crippen molar-refractivity contribution in [3.63, 3.8) is 0 Å². The molecule has 390 valence electrons. The molecule has 5 aromatic carbocycles. The Morgan fingerprint density at radius 3 is 2.04 bits per heavy atom. The Labute approximate surface area is 443 Å². The van der Waals surface area contributed by atoms with Gasteiger partial charge in [-0.05, 0) is 97.8 Å². The number of nitrogens with one attached hydrogen (secondary N) is 4. The minimum Gasteiger partial charge on any atom is -0.506 e. The van der Waals surface area contributed by atoms with Crippen molar-refractivity contribution < 1.29 is 49.0 Å². The third-order valence-corrected chi connectivity index (χ3v) is 14.3. The second-order valence-corrected chi connectivity index (χ2v) is 21.6. The molecule has 0 spiro atoms. The van der Waals surface area contributed by atoms with E-state index in [1.165, 1.54) is 48.0 Å². The molecule has 0 bridgehead atoms. The van der Waals surface area contributed by atoms with Crippen LogP contribution in [0.25, 0.3) is 5.69 Å². The van der Waals surface area contributed by atoms with Crippen molar-refractivity contribution in [3.8, 4) is 22.9 Å². The maximum atomic E-state index is 14.2. The molecule has 0 aliphatic carbocycles. The summed E-state index contributed by atoms with van der Waals surface area (Å²) in [5.74, 6) is -1.10. The zero-order valence-corrected chi connectivity index (χ0v) is 44.6. The van der Waals surface area contributed by atoms with Gasteiger partial charge in [-0.3, -0.25) is 28.5 Å². The van der Waals surface area contributed by atoms with Gasteiger partial charge in [0, 0.05) is 28.9 Å². The lowest BCUT2D eigenvalue weighted by Gasteiger charge is -2.21. The van der Waals surface area contributed by atoms with Crippen LogP contribution in [0.2, 0.25) is 20.1 Å². The van der Waals surface area contributed by atoms with Crippen molar-refractivity contribution in [3.05, 3.63) is 127 Å². The van der Waals surface area contributed by atoms with Gasteiger partial charge in [0.25, 0.3) is 26.1 Å². The summed E-state index contributed by atoms with van der Waals surface area (Å²) in [5.41, 5.74) is 1.24. The van der Waals surface area contributed by atoms with Crippen LogP contribution in [-0.4, -0.2) is 57.0 Å². The van der Waals surface area contributed by atoms with Crippen molar-refractivity contribution in [1.82, 2.24) is 9.78 Å². The lowest BCUT2D eigenvalue weighted by molar-refractivity contribution is -0.122. The number of halogens is 4. The molecule has 19 nitrogen and oxygen atoms in total. The van der Waals surface area contributed by atoms with Gasteiger partial charge >= 0.3 is 16.8 Å². The Morgan fingerprint density at radius 2 is 1.44 bits per heavy atom. The zero-order chi connectivity index (χ0) is 53.2. The number of anilines is 4. The van der Waals surface area contributed by atoms with E-state index in [9.17, 15) is 44.8 Å². The molecule has 2 unspecified atom stereocenters. The number of hydrogen-bond donors (Lipinski definition) is 7. The quantitative estimate of drug-likeness (QED) is 0.0169. The van der Waals surface area contributed by atoms with Crippen molar-refractivity contribution in [2.24, 2.45) is 10.2 Å². The molecule has 0 radical (unpaired) electrons. The van der Waals surface area contributed by atoms with Crippen molar-refractivity contribution in [2.75, 3.05) is 15.4 Å². The summed E-state index contributed by atoms with van der Waals surface area (Å²) in [7, 11) is -9.99. The monoisotopic (exact) mass is 1140 g/mol. The topological polar surface area (TPSA) is 280 Å². The fourth-order valence-electron chi connectivity index (χ4n) is 7.16. The Balaban J connectivity index is 1.25. The number of carbonyl (C=O) groups is 1. The number of nitrogens with zero attached hydrogens (tertiary/aromatic N) is 3. The fourth-order valence-corrected chi connectivity index (χ4v) is 10.1. The number of benzene rings is 5. The number of aromatic amines is 1. The summed E-state index contributed by atoms with van der Waals surface area (Å²) < 4.78 is 93.2. The molecule has 1 amide bonds. The number of aromatic hydroxyl groups is 1. The van der Waals surface area contributed by atoms with Gasteiger partial charge < -0.3 is 24.7 Å². The van der Waals surface area contributed by atoms with E-state index in [0.29, 0.717) is 35.4 Å². The lowest BCUT2D eigenvalue weighted by atomic mass is 10.00. The van der Waals surface area contributed by atoms with Crippen LogP contribution < -0.4 is 29.8 Å². The number of amides is 1. The maximum Gasteiger partial charge on any atom is 0.316 e. The summed E-state index contributed by atoms with van der Waals surface area (Å²) in [6.45, 7) is 6.15. The van der Waals surface area contributed by atoms with Crippen LogP contribution in [0.4, 0.5) is 34.3 Å². The molecule has 73 heavy (non-hydrogen) atoms. The van der Waals surface area contributed by atoms with Gasteiger partial charge in [0.2, 0.25) is 0 Å². The molecule has 2 atom stereocenters. The summed E-state index contributed by atoms with van der Waals surface area (Å²) in [6.07, 6.45) is 7.72. The number of rotatable bonds is 24. The summed E-state index contributed by atoms with van der Waals surface area (Å²) in [6, 6.07) is 18.7. The van der Waals surface area contributed by atoms with Crippen molar-refractivity contribution in [2.45, 2.75) is 94.5 Å². The summed E-state index contributed by atoms with van der Waals surface area (Å²) >= 11 is 23.6. The number of phenolic OH excluding ortho intramolecular Hbond substituents is 1. The molecule has 7 N–H and O–H groups in total. The molecule has 6 rings (SSSR count). The Hall–Kier alpha value is -5.69. The normalized spacial score (nSPS) is 12.7. The van der Waals surface area contributed by atoms with Gasteiger partial charge in [0.1, 0.15) is 28.6 Å². The first-order valence-corrected chi connectivity index (χ1v) is 27.9. The van der Waals surface area contributed by atoms with Crippen LogP contribution in [0, 0.1) is 0 Å². The molecular weight excluding hydrogens is 1090 g/mol. The largest absolute Gasteiger partial charge is 0.506 e. The molecule has 0 saturated heterocycles. The minimum atomic E-state index is -5.00. The number of carbonyl (C=O) groups excluding carboxylic acids is 1. The predicted octanol–water partition coefficient (Wildman–Crippen LogP) is 12.5. The van der Waals surface area contributed by atoms with E-state index in [-0.39, 0.29) is 55.0 Å². The highest BCUT2D eigenvalue weighted by Gasteiger charge is 2.25. The fraction of sp³-hybridized carbons (Fsp3) is 0.277. The third-order valence-electron chi connectivity index (χ3n) is 10.8. The molecule has 1 heterocycles. The van der Waals surface area contributed by atoms with Crippen LogP contribution in [0.5, 0.6) is 17.2 Å². The van der Waals surface area contributed by atoms with Gasteiger partial charge in [-0.15, -0.1) is 10.2 Å². The predicted molar refractivity (Wildman–Crippen MR) is 283 cm³/mol. The van der Waals surface area contributed by atoms with E-state index in [4.69, 9.17) is 55.3 Å². The second kappa shape index (κ2) is 25.0. The average Bonchev–Trinajstić information content (AvgIpc) is 3.61. The molecular formula is C47H49Cl4N7O12S3. The van der Waals surface area contributed by atoms with Gasteiger partial charge in [-0.1, -0.05) is 105 Å². The molecule has 6 aromatic rings. The first-order valence-electron chi connectivity index (χ1n) is 22.5. The molecule has 0 saturated carbocycles. The highest BCUT2D eigenvalue weighted by molar-refractivity contribution is 7.86. The molecule has 0 fully saturated rings. The number of azo groups is 1. The van der Waals surface area contributed by atoms with Gasteiger partial charge in [0.15, 0.2) is 17.6 Å². The lowest BCUT2D eigenvalue weighted by Crippen LogP contribution is -2.32. The number of ether oxygens (including phenoxy) is 1. The standard InChI is InChI=1S/C47H49Cl4N7O12S3/c1-4-7-9-11-27-13-18-42(28(19-27)12-10-8-5-2)69-41(6-3)46(60)52-31-21-36(50)44(37(51)22-31)58-47(61)43(45(56-58)53-38-16-14-29(48)20-35(38)49)55-54-39-17-15-30(23-40(39)59)57-71(62)70-32-24-33(72(63,64)65)26-34(25-32)73(66,67)68/h13-26,41,53,56-57,59H,4-12H2,1-3H3,(H,52,60)(H,63,64,65)(H,66,67,68). The molecule has 26 heteroatoms. The Bertz CT molecular complexity index is 3280. The van der Waals surface area contributed by atoms with E-state index in [1.54, 1.807) is 0 Å². The van der Waals surface area contributed by atoms with E-state index >= 15 is 0 Å². The third kappa shape index (κ3) is 15.2. The molecule has 0 aliphatic rings. The smallest absolute Gasteiger partial charge is 0.316 e. The average molecular weight is 1140 g/mol. The van der Waals surface area contributed by atoms with Crippen LogP contribution in [0.3, 0.4) is 0 Å². The van der Waals surface area contributed by atoms with Crippen LogP contribution in [0.15, 0.2) is 110 Å². The number of H-pyrrole nitrogens is 1. The highest BCUT2D eigenvalue weighted by atomic mass is 35.5. The highest BCUT2D eigenvalue weighted by Crippen LogP contribution is 2.37. The molecule has 1 aromatic heterocycles. The van der Waals surface area contributed by atoms with E-state index in [2.05, 4.69) is 50.6 Å². The first-order chi connectivity index (χ1) is 34.6. The zero-order valence-electron chi connectivity index (χ0n) is 39.1. The Morgan fingerprint density at radius 1 is 0.781 bits per heavy atom. The SMILES string of the molecule is CCCCCc1ccc(OC(CC)C(=O)Nc2cc(Cl)c(-n3[nH]c(Nc4ccc(Cl)cc4Cl)c(N=Nc4ccc(NS(=O)Oc5cc(S(=O)(=O)O)cc(S(=O)(=O)O)c5)cc4O)c3=O)c(Cl)c2)c(CCCCC)c1. The van der Waals surface area contributed by atoms with Gasteiger partial charge in [-0.2, -0.15) is 21.0 Å².